The Kier molecular flexibility index (Phi) is 5.16. The molecule has 1 saturated carbocycles. The van der Waals surface area contributed by atoms with Crippen molar-refractivity contribution in [3.05, 3.63) is 42.5 Å². The van der Waals surface area contributed by atoms with Crippen LogP contribution >= 0.6 is 0 Å². The van der Waals surface area contributed by atoms with Crippen molar-refractivity contribution < 1.29 is 9.53 Å². The van der Waals surface area contributed by atoms with E-state index in [4.69, 9.17) is 4.74 Å². The molecule has 3 rings (SSSR count). The number of carbonyl (C=O) groups is 1. The summed E-state index contributed by atoms with van der Waals surface area (Å²) in [4.78, 5) is 11.8. The molecule has 0 spiro atoms. The van der Waals surface area contributed by atoms with Crippen molar-refractivity contribution in [1.82, 2.24) is 5.32 Å². The summed E-state index contributed by atoms with van der Waals surface area (Å²) in [6.07, 6.45) is 4.37. The van der Waals surface area contributed by atoms with Gasteiger partial charge in [-0.1, -0.05) is 61.1 Å². The maximum absolute atomic E-state index is 11.8. The van der Waals surface area contributed by atoms with Crippen LogP contribution in [0.1, 0.15) is 25.7 Å². The monoisotopic (exact) mass is 307 g/mol. The molecule has 1 aliphatic rings. The first-order valence-electron chi connectivity index (χ1n) is 8.18. The van der Waals surface area contributed by atoms with Gasteiger partial charge in [0.15, 0.2) is 0 Å². The van der Waals surface area contributed by atoms with E-state index in [1.165, 1.54) is 12.8 Å². The van der Waals surface area contributed by atoms with E-state index in [9.17, 15) is 4.79 Å². The lowest BCUT2D eigenvalue weighted by atomic mass is 10.1. The number of amides is 1. The summed E-state index contributed by atoms with van der Waals surface area (Å²) in [5, 5.41) is 5.13. The van der Waals surface area contributed by atoms with Gasteiger partial charge < -0.3 is 10.1 Å². The molecule has 0 aromatic heterocycles. The number of nitrogens with one attached hydrogen (secondary N) is 1. The zero-order valence-corrected chi connectivity index (χ0v) is 13.2. The molecule has 2 aromatic rings. The Morgan fingerprint density at radius 3 is 2.74 bits per heavy atom. The summed E-state index contributed by atoms with van der Waals surface area (Å²) in [6.45, 7) is 0.724. The van der Waals surface area contributed by atoms with Gasteiger partial charge in [-0.15, -0.1) is 0 Å². The van der Waals surface area contributed by atoms with Gasteiger partial charge in [0, 0.05) is 11.3 Å². The zero-order chi connectivity index (χ0) is 15.9. The highest BCUT2D eigenvalue weighted by atomic mass is 16.5. The van der Waals surface area contributed by atoms with Crippen molar-refractivity contribution in [2.45, 2.75) is 25.7 Å². The van der Waals surface area contributed by atoms with E-state index < -0.39 is 0 Å². The lowest BCUT2D eigenvalue weighted by molar-refractivity contribution is -0.124. The maximum Gasteiger partial charge on any atom is 0.223 e. The molecule has 1 N–H and O–H groups in total. The number of hydrogen-bond acceptors (Lipinski definition) is 2. The minimum absolute atomic E-state index is 0.145. The molecule has 2 aromatic carbocycles. The van der Waals surface area contributed by atoms with Crippen molar-refractivity contribution >= 4 is 16.7 Å². The molecule has 0 unspecified atom stereocenters. The topological polar surface area (TPSA) is 38.3 Å². The van der Waals surface area contributed by atoms with Crippen LogP contribution in [0, 0.1) is 17.8 Å². The van der Waals surface area contributed by atoms with Crippen molar-refractivity contribution in [3.8, 4) is 17.6 Å². The molecule has 118 valence electrons. The highest BCUT2D eigenvalue weighted by molar-refractivity contribution is 5.88. The second kappa shape index (κ2) is 7.69. The smallest absolute Gasteiger partial charge is 0.223 e. The minimum Gasteiger partial charge on any atom is -0.480 e. The van der Waals surface area contributed by atoms with E-state index in [1.54, 1.807) is 0 Å². The Morgan fingerprint density at radius 1 is 1.09 bits per heavy atom. The van der Waals surface area contributed by atoms with Crippen LogP contribution in [0.2, 0.25) is 0 Å². The normalized spacial score (nSPS) is 14.3. The SMILES string of the molecule is O=C(NCC#CCOc1cccc2ccccc12)C1CCCC1. The fourth-order valence-corrected chi connectivity index (χ4v) is 3.01. The van der Waals surface area contributed by atoms with Gasteiger partial charge in [0.1, 0.15) is 12.4 Å². The average Bonchev–Trinajstić information content (AvgIpc) is 3.12. The molecular formula is C20H21NO2. The highest BCUT2D eigenvalue weighted by Crippen LogP contribution is 2.25. The third-order valence-corrected chi connectivity index (χ3v) is 4.25. The van der Waals surface area contributed by atoms with E-state index in [-0.39, 0.29) is 11.8 Å². The number of fused-ring (bicyclic) bond motifs is 1. The predicted molar refractivity (Wildman–Crippen MR) is 92.2 cm³/mol. The van der Waals surface area contributed by atoms with E-state index in [0.717, 1.165) is 29.4 Å². The van der Waals surface area contributed by atoms with Crippen LogP contribution in [-0.2, 0) is 4.79 Å². The number of benzene rings is 2. The molecule has 1 amide bonds. The van der Waals surface area contributed by atoms with Crippen LogP contribution < -0.4 is 10.1 Å². The summed E-state index contributed by atoms with van der Waals surface area (Å²) in [7, 11) is 0. The van der Waals surface area contributed by atoms with Crippen LogP contribution in [0.25, 0.3) is 10.8 Å². The van der Waals surface area contributed by atoms with Crippen LogP contribution in [0.15, 0.2) is 42.5 Å². The molecule has 3 nitrogen and oxygen atoms in total. The highest BCUT2D eigenvalue weighted by Gasteiger charge is 2.21. The number of ether oxygens (including phenoxy) is 1. The first kappa shape index (κ1) is 15.4. The zero-order valence-electron chi connectivity index (χ0n) is 13.2. The molecular weight excluding hydrogens is 286 g/mol. The van der Waals surface area contributed by atoms with Gasteiger partial charge in [-0.2, -0.15) is 0 Å². The second-order valence-electron chi connectivity index (χ2n) is 5.82. The van der Waals surface area contributed by atoms with Gasteiger partial charge in [0.05, 0.1) is 6.54 Å². The molecule has 0 aliphatic heterocycles. The third kappa shape index (κ3) is 4.04. The third-order valence-electron chi connectivity index (χ3n) is 4.25. The van der Waals surface area contributed by atoms with Crippen molar-refractivity contribution in [1.29, 1.82) is 0 Å². The molecule has 1 fully saturated rings. The summed E-state index contributed by atoms with van der Waals surface area (Å²) < 4.78 is 5.74. The van der Waals surface area contributed by atoms with Crippen molar-refractivity contribution in [2.24, 2.45) is 5.92 Å². The molecule has 1 aliphatic carbocycles. The molecule has 0 saturated heterocycles. The maximum atomic E-state index is 11.8. The summed E-state index contributed by atoms with van der Waals surface area (Å²) in [5.74, 6) is 7.09. The molecule has 23 heavy (non-hydrogen) atoms. The van der Waals surface area contributed by atoms with Crippen molar-refractivity contribution in [2.75, 3.05) is 13.2 Å². The fourth-order valence-electron chi connectivity index (χ4n) is 3.01. The molecule has 0 bridgehead atoms. The van der Waals surface area contributed by atoms with E-state index in [2.05, 4.69) is 29.3 Å². The van der Waals surface area contributed by atoms with Crippen molar-refractivity contribution in [3.63, 3.8) is 0 Å². The minimum atomic E-state index is 0.145. The summed E-state index contributed by atoms with van der Waals surface area (Å²) in [6, 6.07) is 14.1. The number of hydrogen-bond donors (Lipinski definition) is 1. The van der Waals surface area contributed by atoms with Crippen LogP contribution in [0.4, 0.5) is 0 Å². The number of carbonyl (C=O) groups excluding carboxylic acids is 1. The summed E-state index contributed by atoms with van der Waals surface area (Å²) in [5.41, 5.74) is 0. The average molecular weight is 307 g/mol. The van der Waals surface area contributed by atoms with Gasteiger partial charge in [-0.05, 0) is 24.3 Å². The summed E-state index contributed by atoms with van der Waals surface area (Å²) >= 11 is 0. The Hall–Kier alpha value is -2.47. The standard InChI is InChI=1S/C20H21NO2/c22-20(17-9-1-2-10-17)21-14-5-6-15-23-19-13-7-11-16-8-3-4-12-18(16)19/h3-4,7-8,11-13,17H,1-2,9-10,14-15H2,(H,21,22). The quantitative estimate of drug-likeness (QED) is 0.878. The fraction of sp³-hybridized carbons (Fsp3) is 0.350. The lowest BCUT2D eigenvalue weighted by Gasteiger charge is -2.07. The first-order valence-corrected chi connectivity index (χ1v) is 8.18. The largest absolute Gasteiger partial charge is 0.480 e. The van der Waals surface area contributed by atoms with Crippen LogP contribution in [0.5, 0.6) is 5.75 Å². The van der Waals surface area contributed by atoms with Gasteiger partial charge in [0.25, 0.3) is 0 Å². The lowest BCUT2D eigenvalue weighted by Crippen LogP contribution is -2.29. The van der Waals surface area contributed by atoms with E-state index in [1.807, 2.05) is 30.3 Å². The predicted octanol–water partition coefficient (Wildman–Crippen LogP) is 3.53. The molecule has 0 radical (unpaired) electrons. The van der Waals surface area contributed by atoms with Crippen LogP contribution in [-0.4, -0.2) is 19.1 Å². The van der Waals surface area contributed by atoms with Gasteiger partial charge in [-0.25, -0.2) is 0 Å². The van der Waals surface area contributed by atoms with Gasteiger partial charge in [-0.3, -0.25) is 4.79 Å². The van der Waals surface area contributed by atoms with Gasteiger partial charge in [0.2, 0.25) is 5.91 Å². The first-order chi connectivity index (χ1) is 11.3. The molecule has 3 heteroatoms. The second-order valence-corrected chi connectivity index (χ2v) is 5.82. The molecule has 0 heterocycles. The number of rotatable bonds is 4. The Bertz CT molecular complexity index is 731. The Labute approximate surface area is 137 Å². The van der Waals surface area contributed by atoms with Gasteiger partial charge >= 0.3 is 0 Å². The Morgan fingerprint density at radius 2 is 1.87 bits per heavy atom. The van der Waals surface area contributed by atoms with Crippen LogP contribution in [0.3, 0.4) is 0 Å². The van der Waals surface area contributed by atoms with E-state index in [0.29, 0.717) is 13.2 Å². The van der Waals surface area contributed by atoms with E-state index >= 15 is 0 Å². The Balaban J connectivity index is 1.47. The molecule has 0 atom stereocenters.